The summed E-state index contributed by atoms with van der Waals surface area (Å²) in [7, 11) is 0. The lowest BCUT2D eigenvalue weighted by molar-refractivity contribution is -0.127. The Morgan fingerprint density at radius 3 is 2.12 bits per heavy atom. The highest BCUT2D eigenvalue weighted by Crippen LogP contribution is 2.23. The summed E-state index contributed by atoms with van der Waals surface area (Å²) in [5.74, 6) is -0.0289. The van der Waals surface area contributed by atoms with E-state index in [1.54, 1.807) is 0 Å². The molecule has 0 aliphatic carbocycles. The second-order valence-electron chi connectivity index (χ2n) is 4.78. The van der Waals surface area contributed by atoms with Gasteiger partial charge in [-0.25, -0.2) is 0 Å². The zero-order chi connectivity index (χ0) is 12.6. The normalized spacial score (nSPS) is 13.6. The summed E-state index contributed by atoms with van der Waals surface area (Å²) in [6, 6.07) is 0.194. The third-order valence-electron chi connectivity index (χ3n) is 2.94. The molecule has 1 atom stereocenters. The molecule has 0 spiro atoms. The van der Waals surface area contributed by atoms with Crippen molar-refractivity contribution in [3.8, 4) is 0 Å². The fraction of sp³-hybridized carbons (Fsp3) is 0.923. The van der Waals surface area contributed by atoms with Crippen LogP contribution in [0.4, 0.5) is 0 Å². The van der Waals surface area contributed by atoms with Gasteiger partial charge in [0.2, 0.25) is 5.91 Å². The van der Waals surface area contributed by atoms with E-state index in [4.69, 9.17) is 0 Å². The van der Waals surface area contributed by atoms with E-state index in [-0.39, 0.29) is 18.4 Å². The van der Waals surface area contributed by atoms with Gasteiger partial charge in [0, 0.05) is 6.04 Å². The standard InChI is InChI=1S/C13H27NO2/c1-5-8-13(16,9-6-2)10-12(15)14-11(4)7-3/h11,16H,5-10H2,1-4H3,(H,14,15). The van der Waals surface area contributed by atoms with E-state index in [2.05, 4.69) is 5.32 Å². The van der Waals surface area contributed by atoms with Crippen LogP contribution in [0, 0.1) is 0 Å². The number of rotatable bonds is 8. The Labute approximate surface area is 99.6 Å². The Kier molecular flexibility index (Phi) is 7.39. The lowest BCUT2D eigenvalue weighted by Crippen LogP contribution is -2.39. The minimum absolute atomic E-state index is 0.0289. The average Bonchev–Trinajstić information content (AvgIpc) is 2.17. The lowest BCUT2D eigenvalue weighted by atomic mass is 9.89. The molecular formula is C13H27NO2. The van der Waals surface area contributed by atoms with Gasteiger partial charge in [-0.2, -0.15) is 0 Å². The molecule has 16 heavy (non-hydrogen) atoms. The molecule has 0 aromatic carbocycles. The molecule has 0 saturated heterocycles. The molecule has 0 fully saturated rings. The number of aliphatic hydroxyl groups is 1. The van der Waals surface area contributed by atoms with E-state index >= 15 is 0 Å². The van der Waals surface area contributed by atoms with Crippen LogP contribution in [0.2, 0.25) is 0 Å². The van der Waals surface area contributed by atoms with Crippen LogP contribution in [-0.2, 0) is 4.79 Å². The smallest absolute Gasteiger partial charge is 0.223 e. The van der Waals surface area contributed by atoms with Crippen molar-refractivity contribution in [1.82, 2.24) is 5.32 Å². The highest BCUT2D eigenvalue weighted by Gasteiger charge is 2.28. The van der Waals surface area contributed by atoms with E-state index in [1.165, 1.54) is 0 Å². The predicted octanol–water partition coefficient (Wildman–Crippen LogP) is 2.62. The predicted molar refractivity (Wildman–Crippen MR) is 67.3 cm³/mol. The number of carbonyl (C=O) groups is 1. The average molecular weight is 229 g/mol. The number of carbonyl (C=O) groups excluding carboxylic acids is 1. The third-order valence-corrected chi connectivity index (χ3v) is 2.94. The number of amides is 1. The molecule has 0 aromatic heterocycles. The van der Waals surface area contributed by atoms with Crippen LogP contribution >= 0.6 is 0 Å². The summed E-state index contributed by atoms with van der Waals surface area (Å²) in [4.78, 5) is 11.7. The molecule has 3 nitrogen and oxygen atoms in total. The number of hydrogen-bond acceptors (Lipinski definition) is 2. The van der Waals surface area contributed by atoms with Crippen LogP contribution in [0.15, 0.2) is 0 Å². The van der Waals surface area contributed by atoms with E-state index in [1.807, 2.05) is 27.7 Å². The van der Waals surface area contributed by atoms with E-state index in [0.29, 0.717) is 12.8 Å². The monoisotopic (exact) mass is 229 g/mol. The number of nitrogens with one attached hydrogen (secondary N) is 1. The Morgan fingerprint density at radius 1 is 1.25 bits per heavy atom. The molecule has 2 N–H and O–H groups in total. The second kappa shape index (κ2) is 7.66. The van der Waals surface area contributed by atoms with Crippen LogP contribution in [-0.4, -0.2) is 22.7 Å². The highest BCUT2D eigenvalue weighted by molar-refractivity contribution is 5.77. The molecule has 1 unspecified atom stereocenters. The fourth-order valence-corrected chi connectivity index (χ4v) is 1.96. The molecule has 0 heterocycles. The molecular weight excluding hydrogens is 202 g/mol. The Balaban J connectivity index is 4.22. The maximum Gasteiger partial charge on any atom is 0.223 e. The Morgan fingerprint density at radius 2 is 1.75 bits per heavy atom. The highest BCUT2D eigenvalue weighted by atomic mass is 16.3. The second-order valence-corrected chi connectivity index (χ2v) is 4.78. The van der Waals surface area contributed by atoms with Gasteiger partial charge in [0.15, 0.2) is 0 Å². The molecule has 0 bridgehead atoms. The topological polar surface area (TPSA) is 49.3 Å². The molecule has 1 amide bonds. The molecule has 0 aliphatic rings. The van der Waals surface area contributed by atoms with E-state index in [9.17, 15) is 9.90 Å². The minimum atomic E-state index is -0.805. The first kappa shape index (κ1) is 15.4. The van der Waals surface area contributed by atoms with Crippen molar-refractivity contribution in [2.75, 3.05) is 0 Å². The maximum absolute atomic E-state index is 11.7. The maximum atomic E-state index is 11.7. The van der Waals surface area contributed by atoms with Gasteiger partial charge in [-0.3, -0.25) is 4.79 Å². The van der Waals surface area contributed by atoms with Gasteiger partial charge in [-0.15, -0.1) is 0 Å². The zero-order valence-electron chi connectivity index (χ0n) is 11.2. The van der Waals surface area contributed by atoms with Crippen molar-refractivity contribution in [1.29, 1.82) is 0 Å². The van der Waals surface area contributed by atoms with Gasteiger partial charge in [0.25, 0.3) is 0 Å². The minimum Gasteiger partial charge on any atom is -0.389 e. The summed E-state index contributed by atoms with van der Waals surface area (Å²) >= 11 is 0. The molecule has 0 aromatic rings. The van der Waals surface area contributed by atoms with E-state index in [0.717, 1.165) is 19.3 Å². The first-order valence-corrected chi connectivity index (χ1v) is 6.49. The van der Waals surface area contributed by atoms with Crippen LogP contribution < -0.4 is 5.32 Å². The van der Waals surface area contributed by atoms with Crippen molar-refractivity contribution in [2.45, 2.75) is 77.9 Å². The summed E-state index contributed by atoms with van der Waals surface area (Å²) in [6.45, 7) is 8.09. The summed E-state index contributed by atoms with van der Waals surface area (Å²) < 4.78 is 0. The Bertz CT molecular complexity index is 198. The van der Waals surface area contributed by atoms with Gasteiger partial charge in [0.05, 0.1) is 12.0 Å². The first-order chi connectivity index (χ1) is 7.47. The molecule has 0 rings (SSSR count). The van der Waals surface area contributed by atoms with Crippen LogP contribution in [0.3, 0.4) is 0 Å². The molecule has 96 valence electrons. The van der Waals surface area contributed by atoms with Crippen LogP contribution in [0.25, 0.3) is 0 Å². The zero-order valence-corrected chi connectivity index (χ0v) is 11.2. The van der Waals surface area contributed by atoms with Crippen molar-refractivity contribution in [2.24, 2.45) is 0 Å². The lowest BCUT2D eigenvalue weighted by Gasteiger charge is -2.27. The van der Waals surface area contributed by atoms with Crippen molar-refractivity contribution in [3.63, 3.8) is 0 Å². The summed E-state index contributed by atoms with van der Waals surface area (Å²) in [5, 5.41) is 13.2. The van der Waals surface area contributed by atoms with Gasteiger partial charge in [-0.1, -0.05) is 33.6 Å². The summed E-state index contributed by atoms with van der Waals surface area (Å²) in [6.07, 6.45) is 4.38. The van der Waals surface area contributed by atoms with Crippen LogP contribution in [0.5, 0.6) is 0 Å². The molecule has 3 heteroatoms. The number of hydrogen-bond donors (Lipinski definition) is 2. The van der Waals surface area contributed by atoms with Crippen LogP contribution in [0.1, 0.15) is 66.2 Å². The fourth-order valence-electron chi connectivity index (χ4n) is 1.96. The van der Waals surface area contributed by atoms with Gasteiger partial charge in [-0.05, 0) is 26.2 Å². The van der Waals surface area contributed by atoms with Gasteiger partial charge in [0.1, 0.15) is 0 Å². The molecule has 0 aliphatic heterocycles. The van der Waals surface area contributed by atoms with Gasteiger partial charge < -0.3 is 10.4 Å². The van der Waals surface area contributed by atoms with Gasteiger partial charge >= 0.3 is 0 Å². The van der Waals surface area contributed by atoms with Crippen molar-refractivity contribution < 1.29 is 9.90 Å². The van der Waals surface area contributed by atoms with Crippen molar-refractivity contribution >= 4 is 5.91 Å². The largest absolute Gasteiger partial charge is 0.389 e. The van der Waals surface area contributed by atoms with Crippen molar-refractivity contribution in [3.05, 3.63) is 0 Å². The first-order valence-electron chi connectivity index (χ1n) is 6.49. The third kappa shape index (κ3) is 6.11. The van der Waals surface area contributed by atoms with E-state index < -0.39 is 5.60 Å². The summed E-state index contributed by atoms with van der Waals surface area (Å²) in [5.41, 5.74) is -0.805. The molecule has 0 radical (unpaired) electrons. The molecule has 0 saturated carbocycles. The SMILES string of the molecule is CCCC(O)(CCC)CC(=O)NC(C)CC. The quantitative estimate of drug-likeness (QED) is 0.672. The Hall–Kier alpha value is -0.570.